The number of benzene rings is 1. The maximum Gasteiger partial charge on any atom is 0.340 e. The third-order valence-electron chi connectivity index (χ3n) is 3.02. The third-order valence-corrected chi connectivity index (χ3v) is 5.23. The van der Waals surface area contributed by atoms with E-state index in [2.05, 4.69) is 17.2 Å². The quantitative estimate of drug-likeness (QED) is 0.621. The number of sulfone groups is 1. The Hall–Kier alpha value is -2.41. The van der Waals surface area contributed by atoms with Crippen LogP contribution in [0.5, 0.6) is 0 Å². The highest BCUT2D eigenvalue weighted by atomic mass is 32.2. The van der Waals surface area contributed by atoms with Crippen molar-refractivity contribution < 1.29 is 27.9 Å². The summed E-state index contributed by atoms with van der Waals surface area (Å²) in [5.74, 6) is 2.62. The third kappa shape index (κ3) is 4.11. The standard InChI is InChI=1S/C15H18N2O6S/c1-11(18)17-12-7-3-4-8-13(12)24(21,22)15(16,14(19)20)9-5-6-10-23-2/h3-4,7-8H,9-10,16H2,1-2H3,(H,17,18)(H,19,20). The Labute approximate surface area is 139 Å². The molecule has 1 aromatic rings. The molecule has 0 heterocycles. The molecule has 4 N–H and O–H groups in total. The van der Waals surface area contributed by atoms with Crippen molar-refractivity contribution in [3.63, 3.8) is 0 Å². The SMILES string of the molecule is COCC#CCC(N)(C(=O)O)S(=O)(=O)c1ccccc1NC(C)=O. The highest BCUT2D eigenvalue weighted by Gasteiger charge is 2.49. The van der Waals surface area contributed by atoms with Gasteiger partial charge in [-0.05, 0) is 12.1 Å². The number of carbonyl (C=O) groups is 2. The van der Waals surface area contributed by atoms with Crippen LogP contribution in [0.15, 0.2) is 29.2 Å². The van der Waals surface area contributed by atoms with E-state index >= 15 is 0 Å². The van der Waals surface area contributed by atoms with E-state index < -0.39 is 37.9 Å². The van der Waals surface area contributed by atoms with Gasteiger partial charge < -0.3 is 20.9 Å². The minimum Gasteiger partial charge on any atom is -0.479 e. The minimum absolute atomic E-state index is 0.0121. The van der Waals surface area contributed by atoms with Gasteiger partial charge in [0.2, 0.25) is 20.6 Å². The van der Waals surface area contributed by atoms with E-state index in [4.69, 9.17) is 10.5 Å². The zero-order valence-electron chi connectivity index (χ0n) is 13.2. The van der Waals surface area contributed by atoms with E-state index in [0.717, 1.165) is 0 Å². The Morgan fingerprint density at radius 2 is 1.96 bits per heavy atom. The average Bonchev–Trinajstić information content (AvgIpc) is 2.50. The first-order valence-electron chi connectivity index (χ1n) is 6.75. The predicted molar refractivity (Wildman–Crippen MR) is 86.8 cm³/mol. The van der Waals surface area contributed by atoms with Gasteiger partial charge in [0.1, 0.15) is 6.61 Å². The van der Waals surface area contributed by atoms with Crippen LogP contribution in [0.4, 0.5) is 5.69 Å². The summed E-state index contributed by atoms with van der Waals surface area (Å²) in [5.41, 5.74) is 5.64. The van der Waals surface area contributed by atoms with Gasteiger partial charge in [-0.2, -0.15) is 0 Å². The molecule has 0 saturated carbocycles. The van der Waals surface area contributed by atoms with Crippen molar-refractivity contribution in [2.24, 2.45) is 5.73 Å². The maximum absolute atomic E-state index is 12.8. The molecule has 8 nitrogen and oxygen atoms in total. The fourth-order valence-corrected chi connectivity index (χ4v) is 3.34. The topological polar surface area (TPSA) is 136 Å². The number of nitrogens with two attached hydrogens (primary N) is 1. The molecule has 1 amide bonds. The fraction of sp³-hybridized carbons (Fsp3) is 0.333. The van der Waals surface area contributed by atoms with E-state index in [1.54, 1.807) is 0 Å². The highest BCUT2D eigenvalue weighted by molar-refractivity contribution is 7.93. The summed E-state index contributed by atoms with van der Waals surface area (Å²) in [7, 11) is -3.15. The summed E-state index contributed by atoms with van der Waals surface area (Å²) < 4.78 is 30.3. The van der Waals surface area contributed by atoms with Crippen molar-refractivity contribution in [2.45, 2.75) is 23.1 Å². The molecule has 1 atom stereocenters. The lowest BCUT2D eigenvalue weighted by Gasteiger charge is -2.24. The lowest BCUT2D eigenvalue weighted by atomic mass is 10.2. The minimum atomic E-state index is -4.54. The number of ether oxygens (including phenoxy) is 1. The number of methoxy groups -OCH3 is 1. The Morgan fingerprint density at radius 3 is 2.50 bits per heavy atom. The largest absolute Gasteiger partial charge is 0.479 e. The van der Waals surface area contributed by atoms with Gasteiger partial charge in [0.05, 0.1) is 17.0 Å². The average molecular weight is 354 g/mol. The Balaban J connectivity index is 3.41. The molecule has 9 heteroatoms. The highest BCUT2D eigenvalue weighted by Crippen LogP contribution is 2.30. The monoisotopic (exact) mass is 354 g/mol. The lowest BCUT2D eigenvalue weighted by molar-refractivity contribution is -0.139. The van der Waals surface area contributed by atoms with Crippen molar-refractivity contribution >= 4 is 27.4 Å². The number of anilines is 1. The summed E-state index contributed by atoms with van der Waals surface area (Å²) >= 11 is 0. The van der Waals surface area contributed by atoms with E-state index in [1.807, 2.05) is 0 Å². The molecule has 0 aromatic heterocycles. The van der Waals surface area contributed by atoms with Gasteiger partial charge in [0, 0.05) is 14.0 Å². The molecule has 1 rings (SSSR count). The van der Waals surface area contributed by atoms with Gasteiger partial charge in [-0.3, -0.25) is 4.79 Å². The van der Waals surface area contributed by atoms with Crippen molar-refractivity contribution in [2.75, 3.05) is 19.0 Å². The van der Waals surface area contributed by atoms with Crippen LogP contribution in [-0.2, 0) is 24.2 Å². The zero-order chi connectivity index (χ0) is 18.4. The molecular formula is C15H18N2O6S. The maximum atomic E-state index is 12.8. The van der Waals surface area contributed by atoms with Crippen molar-refractivity contribution in [3.05, 3.63) is 24.3 Å². The van der Waals surface area contributed by atoms with Crippen LogP contribution in [0.2, 0.25) is 0 Å². The Morgan fingerprint density at radius 1 is 1.33 bits per heavy atom. The first-order valence-corrected chi connectivity index (χ1v) is 8.23. The fourth-order valence-electron chi connectivity index (χ4n) is 1.79. The summed E-state index contributed by atoms with van der Waals surface area (Å²) in [5, 5.41) is 11.7. The van der Waals surface area contributed by atoms with Gasteiger partial charge in [-0.25, -0.2) is 13.2 Å². The normalized spacial score (nSPS) is 13.3. The van der Waals surface area contributed by atoms with Crippen LogP contribution < -0.4 is 11.1 Å². The second-order valence-electron chi connectivity index (χ2n) is 4.84. The smallest absolute Gasteiger partial charge is 0.340 e. The van der Waals surface area contributed by atoms with Gasteiger partial charge in [-0.1, -0.05) is 24.0 Å². The van der Waals surface area contributed by atoms with Crippen LogP contribution in [0, 0.1) is 11.8 Å². The van der Waals surface area contributed by atoms with Crippen LogP contribution in [0.3, 0.4) is 0 Å². The molecular weight excluding hydrogens is 336 g/mol. The number of carbonyl (C=O) groups excluding carboxylic acids is 1. The van der Waals surface area contributed by atoms with Crippen LogP contribution in [0.1, 0.15) is 13.3 Å². The first kappa shape index (κ1) is 19.6. The molecule has 0 bridgehead atoms. The number of amides is 1. The van der Waals surface area contributed by atoms with E-state index in [0.29, 0.717) is 0 Å². The van der Waals surface area contributed by atoms with Gasteiger partial charge >= 0.3 is 5.97 Å². The van der Waals surface area contributed by atoms with Crippen LogP contribution in [0.25, 0.3) is 0 Å². The number of hydrogen-bond acceptors (Lipinski definition) is 6. The molecule has 0 radical (unpaired) electrons. The van der Waals surface area contributed by atoms with Crippen molar-refractivity contribution in [3.8, 4) is 11.8 Å². The predicted octanol–water partition coefficient (Wildman–Crippen LogP) is 0.198. The molecule has 0 aliphatic carbocycles. The van der Waals surface area contributed by atoms with Crippen LogP contribution >= 0.6 is 0 Å². The molecule has 130 valence electrons. The van der Waals surface area contributed by atoms with Crippen molar-refractivity contribution in [1.29, 1.82) is 0 Å². The number of rotatable bonds is 6. The summed E-state index contributed by atoms with van der Waals surface area (Å²) in [6.45, 7) is 1.21. The molecule has 24 heavy (non-hydrogen) atoms. The molecule has 1 aromatic carbocycles. The number of nitrogens with one attached hydrogen (secondary N) is 1. The number of carboxylic acid groups (broad SMARTS) is 1. The van der Waals surface area contributed by atoms with Gasteiger partial charge in [0.15, 0.2) is 0 Å². The molecule has 0 saturated heterocycles. The molecule has 1 unspecified atom stereocenters. The Kier molecular flexibility index (Phi) is 6.48. The lowest BCUT2D eigenvalue weighted by Crippen LogP contribution is -2.54. The molecule has 0 spiro atoms. The molecule has 0 aliphatic heterocycles. The van der Waals surface area contributed by atoms with Gasteiger partial charge in [0.25, 0.3) is 0 Å². The molecule has 0 aliphatic rings. The van der Waals surface area contributed by atoms with E-state index in [1.165, 1.54) is 38.3 Å². The number of para-hydroxylation sites is 1. The summed E-state index contributed by atoms with van der Waals surface area (Å²) in [6, 6.07) is 5.42. The number of hydrogen-bond donors (Lipinski definition) is 3. The van der Waals surface area contributed by atoms with Crippen molar-refractivity contribution in [1.82, 2.24) is 0 Å². The van der Waals surface area contributed by atoms with Crippen LogP contribution in [-0.4, -0.2) is 44.0 Å². The van der Waals surface area contributed by atoms with E-state index in [-0.39, 0.29) is 12.3 Å². The Bertz CT molecular complexity index is 794. The first-order chi connectivity index (χ1) is 11.2. The number of carboxylic acids is 1. The second kappa shape index (κ2) is 7.92. The molecule has 0 fully saturated rings. The summed E-state index contributed by atoms with van der Waals surface area (Å²) in [4.78, 5) is 19.7. The summed E-state index contributed by atoms with van der Waals surface area (Å²) in [6.07, 6.45) is -0.636. The van der Waals surface area contributed by atoms with Gasteiger partial charge in [-0.15, -0.1) is 0 Å². The number of aliphatic carboxylic acids is 1. The van der Waals surface area contributed by atoms with E-state index in [9.17, 15) is 23.1 Å². The second-order valence-corrected chi connectivity index (χ2v) is 7.01. The zero-order valence-corrected chi connectivity index (χ0v) is 14.0.